The average molecular weight is 277 g/mol. The van der Waals surface area contributed by atoms with Crippen LogP contribution in [0.1, 0.15) is 11.6 Å². The smallest absolute Gasteiger partial charge is 0.239 e. The summed E-state index contributed by atoms with van der Waals surface area (Å²) in [6.07, 6.45) is 0. The van der Waals surface area contributed by atoms with Crippen molar-refractivity contribution in [3.8, 4) is 0 Å². The predicted molar refractivity (Wildman–Crippen MR) is 68.3 cm³/mol. The Morgan fingerprint density at radius 3 is 2.82 bits per heavy atom. The molecular formula is C11H14Cl2N2O2. The van der Waals surface area contributed by atoms with Crippen LogP contribution >= 0.6 is 23.2 Å². The van der Waals surface area contributed by atoms with E-state index in [0.29, 0.717) is 28.8 Å². The molecule has 0 saturated carbocycles. The van der Waals surface area contributed by atoms with Gasteiger partial charge in [-0.15, -0.1) is 0 Å². The fourth-order valence-electron chi connectivity index (χ4n) is 1.41. The van der Waals surface area contributed by atoms with Gasteiger partial charge in [0, 0.05) is 13.7 Å². The van der Waals surface area contributed by atoms with Crippen molar-refractivity contribution in [1.29, 1.82) is 0 Å². The molecule has 0 spiro atoms. The number of hydrogen-bond acceptors (Lipinski definition) is 3. The molecule has 0 aliphatic rings. The number of nitrogens with one attached hydrogen (secondary N) is 1. The molecule has 0 aromatic heterocycles. The third-order valence-corrected chi connectivity index (χ3v) is 3.07. The van der Waals surface area contributed by atoms with Gasteiger partial charge < -0.3 is 10.5 Å². The predicted octanol–water partition coefficient (Wildman–Crippen LogP) is 1.76. The lowest BCUT2D eigenvalue weighted by atomic mass is 10.1. The first kappa shape index (κ1) is 14.3. The Hall–Kier alpha value is -0.810. The maximum absolute atomic E-state index is 11.4. The van der Waals surface area contributed by atoms with Gasteiger partial charge in [0.05, 0.1) is 16.7 Å². The lowest BCUT2D eigenvalue weighted by Crippen LogP contribution is -2.35. The van der Waals surface area contributed by atoms with Gasteiger partial charge in [0.25, 0.3) is 0 Å². The monoisotopic (exact) mass is 276 g/mol. The Balaban J connectivity index is 2.90. The zero-order valence-corrected chi connectivity index (χ0v) is 10.9. The molecule has 1 rings (SSSR count). The van der Waals surface area contributed by atoms with Gasteiger partial charge in [-0.2, -0.15) is 0 Å². The largest absolute Gasteiger partial charge is 0.383 e. The fourth-order valence-corrected chi connectivity index (χ4v) is 1.83. The summed E-state index contributed by atoms with van der Waals surface area (Å²) in [5.74, 6) is -0.509. The summed E-state index contributed by atoms with van der Waals surface area (Å²) in [5, 5.41) is 3.69. The maximum Gasteiger partial charge on any atom is 0.239 e. The molecule has 0 aliphatic carbocycles. The van der Waals surface area contributed by atoms with Gasteiger partial charge in [-0.25, -0.2) is 0 Å². The van der Waals surface area contributed by atoms with Crippen molar-refractivity contribution in [3.05, 3.63) is 33.8 Å². The minimum absolute atomic E-state index is 0.336. The Kier molecular flexibility index (Phi) is 5.71. The molecular weight excluding hydrogens is 263 g/mol. The van der Waals surface area contributed by atoms with Gasteiger partial charge in [-0.05, 0) is 11.6 Å². The quantitative estimate of drug-likeness (QED) is 0.779. The summed E-state index contributed by atoms with van der Waals surface area (Å²) in [4.78, 5) is 11.4. The van der Waals surface area contributed by atoms with Crippen LogP contribution < -0.4 is 11.1 Å². The first-order chi connectivity index (χ1) is 8.07. The van der Waals surface area contributed by atoms with Crippen LogP contribution in [0.3, 0.4) is 0 Å². The minimum atomic E-state index is -0.670. The van der Waals surface area contributed by atoms with Crippen LogP contribution in [0.2, 0.25) is 10.0 Å². The third-order valence-electron chi connectivity index (χ3n) is 2.23. The van der Waals surface area contributed by atoms with E-state index >= 15 is 0 Å². The van der Waals surface area contributed by atoms with Gasteiger partial charge in [-0.3, -0.25) is 10.1 Å². The van der Waals surface area contributed by atoms with Crippen molar-refractivity contribution >= 4 is 29.1 Å². The first-order valence-electron chi connectivity index (χ1n) is 5.03. The van der Waals surface area contributed by atoms with E-state index in [2.05, 4.69) is 5.32 Å². The number of carbonyl (C=O) groups excluding carboxylic acids is 1. The SMILES string of the molecule is COCCNC(C(N)=O)c1cccc(Cl)c1Cl. The number of hydrogen-bond donors (Lipinski definition) is 2. The molecule has 0 aliphatic heterocycles. The summed E-state index contributed by atoms with van der Waals surface area (Å²) >= 11 is 11.9. The zero-order chi connectivity index (χ0) is 12.8. The van der Waals surface area contributed by atoms with Crippen LogP contribution in [0.15, 0.2) is 18.2 Å². The second kappa shape index (κ2) is 6.81. The van der Waals surface area contributed by atoms with E-state index in [-0.39, 0.29) is 0 Å². The highest BCUT2D eigenvalue weighted by Gasteiger charge is 2.20. The number of carbonyl (C=O) groups is 1. The van der Waals surface area contributed by atoms with Crippen LogP contribution in [0, 0.1) is 0 Å². The number of nitrogens with two attached hydrogens (primary N) is 1. The highest BCUT2D eigenvalue weighted by molar-refractivity contribution is 6.42. The Morgan fingerprint density at radius 1 is 1.53 bits per heavy atom. The number of halogens is 2. The molecule has 4 nitrogen and oxygen atoms in total. The molecule has 0 fully saturated rings. The van der Waals surface area contributed by atoms with Crippen LogP contribution in [0.4, 0.5) is 0 Å². The molecule has 1 unspecified atom stereocenters. The number of amides is 1. The molecule has 17 heavy (non-hydrogen) atoms. The molecule has 0 heterocycles. The van der Waals surface area contributed by atoms with E-state index < -0.39 is 11.9 Å². The van der Waals surface area contributed by atoms with E-state index in [1.54, 1.807) is 25.3 Å². The maximum atomic E-state index is 11.4. The van der Waals surface area contributed by atoms with Crippen molar-refractivity contribution in [3.63, 3.8) is 0 Å². The molecule has 1 atom stereocenters. The lowest BCUT2D eigenvalue weighted by Gasteiger charge is -2.17. The van der Waals surface area contributed by atoms with Crippen LogP contribution in [0.25, 0.3) is 0 Å². The van der Waals surface area contributed by atoms with Crippen molar-refractivity contribution in [2.75, 3.05) is 20.3 Å². The van der Waals surface area contributed by atoms with Crippen molar-refractivity contribution in [2.45, 2.75) is 6.04 Å². The molecule has 6 heteroatoms. The number of rotatable bonds is 6. The lowest BCUT2D eigenvalue weighted by molar-refractivity contribution is -0.120. The van der Waals surface area contributed by atoms with E-state index in [1.807, 2.05) is 0 Å². The molecule has 0 bridgehead atoms. The van der Waals surface area contributed by atoms with Gasteiger partial charge in [0.1, 0.15) is 6.04 Å². The fraction of sp³-hybridized carbons (Fsp3) is 0.364. The van der Waals surface area contributed by atoms with Gasteiger partial charge >= 0.3 is 0 Å². The summed E-state index contributed by atoms with van der Waals surface area (Å²) < 4.78 is 4.89. The summed E-state index contributed by atoms with van der Waals surface area (Å²) in [6.45, 7) is 0.967. The molecule has 1 aromatic carbocycles. The summed E-state index contributed by atoms with van der Waals surface area (Å²) in [7, 11) is 1.58. The van der Waals surface area contributed by atoms with E-state index in [9.17, 15) is 4.79 Å². The first-order valence-corrected chi connectivity index (χ1v) is 5.79. The standard InChI is InChI=1S/C11H14Cl2N2O2/c1-17-6-5-15-10(11(14)16)7-3-2-4-8(12)9(7)13/h2-4,10,15H,5-6H2,1H3,(H2,14,16). The molecule has 1 amide bonds. The summed E-state index contributed by atoms with van der Waals surface area (Å²) in [6, 6.07) is 4.41. The van der Waals surface area contributed by atoms with E-state index in [0.717, 1.165) is 0 Å². The number of benzene rings is 1. The highest BCUT2D eigenvalue weighted by Crippen LogP contribution is 2.29. The molecule has 94 valence electrons. The Labute approximate surface area is 110 Å². The molecule has 1 aromatic rings. The van der Waals surface area contributed by atoms with Crippen molar-refractivity contribution in [2.24, 2.45) is 5.73 Å². The molecule has 0 radical (unpaired) electrons. The Bertz CT molecular complexity index is 399. The zero-order valence-electron chi connectivity index (χ0n) is 9.37. The Morgan fingerprint density at radius 2 is 2.24 bits per heavy atom. The normalized spacial score (nSPS) is 12.4. The van der Waals surface area contributed by atoms with Crippen LogP contribution in [0.5, 0.6) is 0 Å². The number of methoxy groups -OCH3 is 1. The van der Waals surface area contributed by atoms with Gasteiger partial charge in [0.15, 0.2) is 0 Å². The average Bonchev–Trinajstić information content (AvgIpc) is 2.29. The number of primary amides is 1. The second-order valence-corrected chi connectivity index (χ2v) is 4.21. The van der Waals surface area contributed by atoms with Crippen molar-refractivity contribution in [1.82, 2.24) is 5.32 Å². The third kappa shape index (κ3) is 3.85. The summed E-state index contributed by atoms with van der Waals surface area (Å²) in [5.41, 5.74) is 5.90. The van der Waals surface area contributed by atoms with E-state index in [4.69, 9.17) is 33.7 Å². The van der Waals surface area contributed by atoms with E-state index in [1.165, 1.54) is 0 Å². The van der Waals surface area contributed by atoms with Crippen LogP contribution in [-0.2, 0) is 9.53 Å². The second-order valence-electron chi connectivity index (χ2n) is 3.43. The van der Waals surface area contributed by atoms with Gasteiger partial charge in [-0.1, -0.05) is 35.3 Å². The van der Waals surface area contributed by atoms with Gasteiger partial charge in [0.2, 0.25) is 5.91 Å². The van der Waals surface area contributed by atoms with Crippen LogP contribution in [-0.4, -0.2) is 26.2 Å². The highest BCUT2D eigenvalue weighted by atomic mass is 35.5. The molecule has 3 N–H and O–H groups in total. The minimum Gasteiger partial charge on any atom is -0.383 e. The topological polar surface area (TPSA) is 64.3 Å². The molecule has 0 saturated heterocycles. The number of ether oxygens (including phenoxy) is 1. The van der Waals surface area contributed by atoms with Crippen molar-refractivity contribution < 1.29 is 9.53 Å².